The molecule has 35 heavy (non-hydrogen) atoms. The molecule has 182 valence electrons. The SMILES string of the molecule is O=C(Nc1ccc(S(=O)(=O)N2CCN(C/C=C/c3ccccc3)CC2)cc1F)c1ccccc1Cl. The van der Waals surface area contributed by atoms with Crippen LogP contribution in [0, 0.1) is 5.82 Å². The molecule has 6 nitrogen and oxygen atoms in total. The molecule has 3 aromatic carbocycles. The Morgan fingerprint density at radius 3 is 2.34 bits per heavy atom. The average Bonchev–Trinajstić information content (AvgIpc) is 2.86. The molecule has 0 bridgehead atoms. The van der Waals surface area contributed by atoms with Crippen LogP contribution < -0.4 is 5.32 Å². The highest BCUT2D eigenvalue weighted by Gasteiger charge is 2.29. The topological polar surface area (TPSA) is 69.7 Å². The molecule has 0 atom stereocenters. The number of rotatable bonds is 7. The molecule has 0 unspecified atom stereocenters. The number of piperazine rings is 1. The van der Waals surface area contributed by atoms with E-state index in [1.54, 1.807) is 18.2 Å². The van der Waals surface area contributed by atoms with E-state index in [-0.39, 0.29) is 21.2 Å². The molecule has 0 radical (unpaired) electrons. The summed E-state index contributed by atoms with van der Waals surface area (Å²) in [6.45, 7) is 2.50. The van der Waals surface area contributed by atoms with Crippen molar-refractivity contribution < 1.29 is 17.6 Å². The van der Waals surface area contributed by atoms with Crippen molar-refractivity contribution in [1.29, 1.82) is 0 Å². The summed E-state index contributed by atoms with van der Waals surface area (Å²) in [6.07, 6.45) is 4.10. The molecule has 1 amide bonds. The Morgan fingerprint density at radius 1 is 0.971 bits per heavy atom. The fourth-order valence-electron chi connectivity index (χ4n) is 3.80. The molecular formula is C26H25ClFN3O3S. The van der Waals surface area contributed by atoms with Crippen LogP contribution in [0.25, 0.3) is 6.08 Å². The van der Waals surface area contributed by atoms with Crippen LogP contribution in [0.1, 0.15) is 15.9 Å². The first-order chi connectivity index (χ1) is 16.8. The Hall–Kier alpha value is -3.04. The van der Waals surface area contributed by atoms with Gasteiger partial charge in [0, 0.05) is 32.7 Å². The number of benzene rings is 3. The van der Waals surface area contributed by atoms with Gasteiger partial charge < -0.3 is 5.32 Å². The largest absolute Gasteiger partial charge is 0.319 e. The van der Waals surface area contributed by atoms with E-state index in [0.717, 1.165) is 18.2 Å². The quantitative estimate of drug-likeness (QED) is 0.495. The fourth-order valence-corrected chi connectivity index (χ4v) is 5.45. The molecule has 1 aliphatic heterocycles. The lowest BCUT2D eigenvalue weighted by atomic mass is 10.2. The van der Waals surface area contributed by atoms with Crippen LogP contribution in [-0.4, -0.2) is 56.3 Å². The first-order valence-electron chi connectivity index (χ1n) is 11.1. The van der Waals surface area contributed by atoms with Crippen molar-refractivity contribution in [3.63, 3.8) is 0 Å². The van der Waals surface area contributed by atoms with Crippen LogP contribution in [0.4, 0.5) is 10.1 Å². The lowest BCUT2D eigenvalue weighted by Gasteiger charge is -2.33. The van der Waals surface area contributed by atoms with Gasteiger partial charge in [-0.15, -0.1) is 0 Å². The molecule has 1 heterocycles. The Morgan fingerprint density at radius 2 is 1.66 bits per heavy atom. The van der Waals surface area contributed by atoms with E-state index in [4.69, 9.17) is 11.6 Å². The molecule has 1 fully saturated rings. The second-order valence-electron chi connectivity index (χ2n) is 8.09. The van der Waals surface area contributed by atoms with Crippen LogP contribution in [0.15, 0.2) is 83.8 Å². The van der Waals surface area contributed by atoms with Crippen LogP contribution in [0.5, 0.6) is 0 Å². The van der Waals surface area contributed by atoms with E-state index in [1.165, 1.54) is 22.5 Å². The summed E-state index contributed by atoms with van der Waals surface area (Å²) in [5.74, 6) is -1.42. The molecule has 1 N–H and O–H groups in total. The number of hydrogen-bond acceptors (Lipinski definition) is 4. The maximum Gasteiger partial charge on any atom is 0.257 e. The van der Waals surface area contributed by atoms with Gasteiger partial charge >= 0.3 is 0 Å². The van der Waals surface area contributed by atoms with Gasteiger partial charge in [0.15, 0.2) is 0 Å². The minimum absolute atomic E-state index is 0.121. The summed E-state index contributed by atoms with van der Waals surface area (Å²) in [5, 5.41) is 2.68. The van der Waals surface area contributed by atoms with Crippen molar-refractivity contribution in [1.82, 2.24) is 9.21 Å². The number of anilines is 1. The van der Waals surface area contributed by atoms with Crippen LogP contribution in [0.2, 0.25) is 5.02 Å². The third kappa shape index (κ3) is 6.15. The average molecular weight is 514 g/mol. The zero-order valence-corrected chi connectivity index (χ0v) is 20.5. The summed E-state index contributed by atoms with van der Waals surface area (Å²) in [6, 6.07) is 19.9. The van der Waals surface area contributed by atoms with Crippen molar-refractivity contribution in [3.05, 3.63) is 101 Å². The van der Waals surface area contributed by atoms with E-state index in [0.29, 0.717) is 26.2 Å². The molecule has 0 spiro atoms. The van der Waals surface area contributed by atoms with E-state index >= 15 is 0 Å². The van der Waals surface area contributed by atoms with Crippen LogP contribution in [-0.2, 0) is 10.0 Å². The van der Waals surface area contributed by atoms with Gasteiger partial charge in [0.2, 0.25) is 10.0 Å². The predicted octanol–water partition coefficient (Wildman–Crippen LogP) is 4.75. The Labute approximate surface area is 209 Å². The molecule has 0 saturated carbocycles. The highest BCUT2D eigenvalue weighted by atomic mass is 35.5. The highest BCUT2D eigenvalue weighted by Crippen LogP contribution is 2.24. The minimum Gasteiger partial charge on any atom is -0.319 e. The van der Waals surface area contributed by atoms with Crippen molar-refractivity contribution >= 4 is 39.3 Å². The number of hydrogen-bond donors (Lipinski definition) is 1. The molecule has 0 aromatic heterocycles. The van der Waals surface area contributed by atoms with Gasteiger partial charge in [-0.25, -0.2) is 12.8 Å². The molecule has 1 aliphatic rings. The zero-order valence-electron chi connectivity index (χ0n) is 18.9. The van der Waals surface area contributed by atoms with Gasteiger partial charge in [-0.3, -0.25) is 9.69 Å². The van der Waals surface area contributed by atoms with Crippen molar-refractivity contribution in [3.8, 4) is 0 Å². The van der Waals surface area contributed by atoms with Crippen molar-refractivity contribution in [2.24, 2.45) is 0 Å². The summed E-state index contributed by atoms with van der Waals surface area (Å²) in [5.41, 5.74) is 1.19. The Bertz CT molecular complexity index is 1320. The van der Waals surface area contributed by atoms with Crippen LogP contribution >= 0.6 is 11.6 Å². The van der Waals surface area contributed by atoms with Gasteiger partial charge in [-0.1, -0.05) is 66.2 Å². The van der Waals surface area contributed by atoms with Gasteiger partial charge in [-0.2, -0.15) is 4.31 Å². The highest BCUT2D eigenvalue weighted by molar-refractivity contribution is 7.89. The standard InChI is InChI=1S/C26H25ClFN3O3S/c27-23-11-5-4-10-22(23)26(32)29-25-13-12-21(19-24(25)28)35(33,34)31-17-15-30(16-18-31)14-6-9-20-7-2-1-3-8-20/h1-13,19H,14-18H2,(H,29,32)/b9-6+. The summed E-state index contributed by atoms with van der Waals surface area (Å²) >= 11 is 6.02. The van der Waals surface area contributed by atoms with Gasteiger partial charge in [0.25, 0.3) is 5.91 Å². The Kier molecular flexibility index (Phi) is 7.97. The monoisotopic (exact) mass is 513 g/mol. The number of carbonyl (C=O) groups is 1. The molecule has 4 rings (SSSR count). The molecular weight excluding hydrogens is 489 g/mol. The van der Waals surface area contributed by atoms with Gasteiger partial charge in [-0.05, 0) is 35.9 Å². The summed E-state index contributed by atoms with van der Waals surface area (Å²) < 4.78 is 42.2. The third-order valence-corrected chi connectivity index (χ3v) is 7.97. The second kappa shape index (κ2) is 11.1. The molecule has 0 aliphatic carbocycles. The van der Waals surface area contributed by atoms with E-state index in [2.05, 4.69) is 16.3 Å². The lowest BCUT2D eigenvalue weighted by molar-refractivity contribution is 0.102. The normalized spacial score (nSPS) is 15.4. The maximum absolute atomic E-state index is 14.7. The van der Waals surface area contributed by atoms with Crippen molar-refractivity contribution in [2.75, 3.05) is 38.0 Å². The van der Waals surface area contributed by atoms with Crippen molar-refractivity contribution in [2.45, 2.75) is 4.90 Å². The predicted molar refractivity (Wildman–Crippen MR) is 136 cm³/mol. The number of nitrogens with zero attached hydrogens (tertiary/aromatic N) is 2. The number of amides is 1. The number of nitrogens with one attached hydrogen (secondary N) is 1. The lowest BCUT2D eigenvalue weighted by Crippen LogP contribution is -2.48. The minimum atomic E-state index is -3.86. The van der Waals surface area contributed by atoms with E-state index in [9.17, 15) is 17.6 Å². The first kappa shape index (κ1) is 25.1. The fraction of sp³-hybridized carbons (Fsp3) is 0.192. The molecule has 9 heteroatoms. The smallest absolute Gasteiger partial charge is 0.257 e. The maximum atomic E-state index is 14.7. The third-order valence-electron chi connectivity index (χ3n) is 5.75. The Balaban J connectivity index is 1.36. The van der Waals surface area contributed by atoms with E-state index < -0.39 is 21.7 Å². The first-order valence-corrected chi connectivity index (χ1v) is 13.0. The zero-order chi connectivity index (χ0) is 24.8. The van der Waals surface area contributed by atoms with Gasteiger partial charge in [0.1, 0.15) is 5.82 Å². The van der Waals surface area contributed by atoms with Gasteiger partial charge in [0.05, 0.1) is 21.2 Å². The number of carbonyl (C=O) groups excluding carboxylic acids is 1. The molecule has 3 aromatic rings. The number of sulfonamides is 1. The van der Waals surface area contributed by atoms with E-state index in [1.807, 2.05) is 36.4 Å². The molecule has 1 saturated heterocycles. The summed E-state index contributed by atoms with van der Waals surface area (Å²) in [4.78, 5) is 14.4. The second-order valence-corrected chi connectivity index (χ2v) is 10.4. The van der Waals surface area contributed by atoms with Crippen LogP contribution in [0.3, 0.4) is 0 Å². The summed E-state index contributed by atoms with van der Waals surface area (Å²) in [7, 11) is -3.86. The number of halogens is 2.